The lowest BCUT2D eigenvalue weighted by Crippen LogP contribution is -2.28. The lowest BCUT2D eigenvalue weighted by Gasteiger charge is -2.26. The van der Waals surface area contributed by atoms with Gasteiger partial charge in [0.25, 0.3) is 0 Å². The van der Waals surface area contributed by atoms with E-state index in [4.69, 9.17) is 0 Å². The van der Waals surface area contributed by atoms with E-state index in [0.29, 0.717) is 11.1 Å². The third-order valence-electron chi connectivity index (χ3n) is 4.13. The van der Waals surface area contributed by atoms with Crippen LogP contribution in [0.5, 0.6) is 11.5 Å². The molecule has 2 aromatic rings. The van der Waals surface area contributed by atoms with Crippen molar-refractivity contribution in [2.75, 3.05) is 0 Å². The van der Waals surface area contributed by atoms with E-state index in [0.717, 1.165) is 24.3 Å². The lowest BCUT2D eigenvalue weighted by molar-refractivity contribution is -0.0504. The highest BCUT2D eigenvalue weighted by molar-refractivity contribution is 7.88. The van der Waals surface area contributed by atoms with Crippen LogP contribution in [0, 0.1) is 0 Å². The maximum absolute atomic E-state index is 12.4. The number of rotatable bonds is 6. The second-order valence-electron chi connectivity index (χ2n) is 6.64. The van der Waals surface area contributed by atoms with Crippen molar-refractivity contribution in [1.82, 2.24) is 0 Å². The van der Waals surface area contributed by atoms with Crippen molar-refractivity contribution in [2.24, 2.45) is 0 Å². The molecule has 0 saturated carbocycles. The van der Waals surface area contributed by atoms with E-state index in [-0.39, 0.29) is 0 Å². The van der Waals surface area contributed by atoms with Gasteiger partial charge in [0.2, 0.25) is 0 Å². The molecule has 172 valence electrons. The highest BCUT2D eigenvalue weighted by atomic mass is 32.2. The number of halogens is 6. The summed E-state index contributed by atoms with van der Waals surface area (Å²) in [7, 11) is -11.6. The summed E-state index contributed by atoms with van der Waals surface area (Å²) >= 11 is 0. The summed E-state index contributed by atoms with van der Waals surface area (Å²) < 4.78 is 127. The summed E-state index contributed by atoms with van der Waals surface area (Å²) in [6, 6.07) is 9.25. The van der Waals surface area contributed by atoms with Gasteiger partial charge in [-0.15, -0.1) is 0 Å². The number of hydrogen-bond donors (Lipinski definition) is 0. The van der Waals surface area contributed by atoms with Gasteiger partial charge in [0, 0.05) is 5.41 Å². The monoisotopic (exact) mass is 492 g/mol. The standard InChI is InChI=1S/C17H14F6O6S2/c1-15(2,11-3-7-13(8-4-11)28-30(24,25)16(18,19)20)12-5-9-14(10-6-12)29-31(26,27)17(21,22)23/h3-10H,1-2H3. The Kier molecular flexibility index (Phi) is 6.31. The second-order valence-corrected chi connectivity index (χ2v) is 9.72. The molecule has 0 spiro atoms. The van der Waals surface area contributed by atoms with Crippen molar-refractivity contribution in [3.63, 3.8) is 0 Å². The van der Waals surface area contributed by atoms with Crippen LogP contribution in [0.2, 0.25) is 0 Å². The highest BCUT2D eigenvalue weighted by Crippen LogP contribution is 2.35. The summed E-state index contributed by atoms with van der Waals surface area (Å²) in [5.41, 5.74) is -11.1. The van der Waals surface area contributed by atoms with Crippen LogP contribution in [0.25, 0.3) is 0 Å². The smallest absolute Gasteiger partial charge is 0.376 e. The van der Waals surface area contributed by atoms with Gasteiger partial charge < -0.3 is 8.37 Å². The molecule has 31 heavy (non-hydrogen) atoms. The van der Waals surface area contributed by atoms with Crippen LogP contribution in [0.1, 0.15) is 25.0 Å². The third-order valence-corrected chi connectivity index (χ3v) is 6.09. The van der Waals surface area contributed by atoms with Gasteiger partial charge in [0.1, 0.15) is 11.5 Å². The molecule has 0 fully saturated rings. The summed E-state index contributed by atoms with van der Waals surface area (Å²) in [6.07, 6.45) is 0. The fourth-order valence-corrected chi connectivity index (χ4v) is 3.29. The topological polar surface area (TPSA) is 86.7 Å². The number of hydrogen-bond acceptors (Lipinski definition) is 6. The van der Waals surface area contributed by atoms with E-state index in [9.17, 15) is 43.2 Å². The second kappa shape index (κ2) is 7.89. The van der Waals surface area contributed by atoms with Crippen LogP contribution in [0.3, 0.4) is 0 Å². The minimum atomic E-state index is -5.82. The molecule has 0 radical (unpaired) electrons. The molecular formula is C17H14F6O6S2. The van der Waals surface area contributed by atoms with E-state index in [1.54, 1.807) is 13.8 Å². The highest BCUT2D eigenvalue weighted by Gasteiger charge is 2.49. The fraction of sp³-hybridized carbons (Fsp3) is 0.294. The molecule has 0 bridgehead atoms. The van der Waals surface area contributed by atoms with Crippen LogP contribution in [0.4, 0.5) is 26.3 Å². The van der Waals surface area contributed by atoms with Gasteiger partial charge in [-0.3, -0.25) is 0 Å². The van der Waals surface area contributed by atoms with E-state index in [1.807, 2.05) is 0 Å². The van der Waals surface area contributed by atoms with Gasteiger partial charge in [-0.25, -0.2) is 0 Å². The molecule has 0 aliphatic carbocycles. The van der Waals surface area contributed by atoms with Crippen molar-refractivity contribution in [3.05, 3.63) is 59.7 Å². The fourth-order valence-electron chi connectivity index (χ4n) is 2.37. The average molecular weight is 492 g/mol. The van der Waals surface area contributed by atoms with Gasteiger partial charge in [-0.05, 0) is 35.4 Å². The lowest BCUT2D eigenvalue weighted by atomic mass is 9.78. The van der Waals surface area contributed by atoms with Crippen molar-refractivity contribution < 1.29 is 51.5 Å². The largest absolute Gasteiger partial charge is 0.534 e. The van der Waals surface area contributed by atoms with Crippen molar-refractivity contribution in [1.29, 1.82) is 0 Å². The van der Waals surface area contributed by atoms with Crippen LogP contribution in [-0.2, 0) is 25.7 Å². The summed E-state index contributed by atoms with van der Waals surface area (Å²) in [5.74, 6) is -1.14. The molecular weight excluding hydrogens is 478 g/mol. The average Bonchev–Trinajstić information content (AvgIpc) is 2.60. The first-order chi connectivity index (χ1) is 13.9. The Bertz CT molecular complexity index is 1040. The summed E-state index contributed by atoms with van der Waals surface area (Å²) in [5, 5.41) is 0. The van der Waals surface area contributed by atoms with Crippen molar-refractivity contribution in [3.8, 4) is 11.5 Å². The predicted octanol–water partition coefficient (Wildman–Crippen LogP) is 4.47. The van der Waals surface area contributed by atoms with Crippen molar-refractivity contribution >= 4 is 20.2 Å². The molecule has 14 heteroatoms. The van der Waals surface area contributed by atoms with Gasteiger partial charge in [-0.1, -0.05) is 38.1 Å². The van der Waals surface area contributed by atoms with Gasteiger partial charge >= 0.3 is 31.3 Å². The van der Waals surface area contributed by atoms with Crippen LogP contribution >= 0.6 is 0 Å². The first-order valence-electron chi connectivity index (χ1n) is 8.09. The minimum absolute atomic E-state index is 0.487. The van der Waals surface area contributed by atoms with Gasteiger partial charge in [-0.2, -0.15) is 43.2 Å². The Morgan fingerprint density at radius 2 is 0.839 bits per heavy atom. The third kappa shape index (κ3) is 5.42. The maximum Gasteiger partial charge on any atom is 0.534 e. The Labute approximate surface area is 173 Å². The van der Waals surface area contributed by atoms with Crippen LogP contribution < -0.4 is 8.37 Å². The normalized spacial score (nSPS) is 13.7. The molecule has 0 aliphatic rings. The van der Waals surface area contributed by atoms with Gasteiger partial charge in [0.15, 0.2) is 0 Å². The molecule has 0 aliphatic heterocycles. The molecule has 2 aromatic carbocycles. The zero-order valence-corrected chi connectivity index (χ0v) is 17.3. The molecule has 0 amide bonds. The molecule has 0 aromatic heterocycles. The predicted molar refractivity (Wildman–Crippen MR) is 96.2 cm³/mol. The number of benzene rings is 2. The van der Waals surface area contributed by atoms with Crippen molar-refractivity contribution in [2.45, 2.75) is 30.3 Å². The van der Waals surface area contributed by atoms with Crippen LogP contribution in [-0.4, -0.2) is 27.9 Å². The first kappa shape index (κ1) is 24.8. The molecule has 0 saturated heterocycles. The van der Waals surface area contributed by atoms with E-state index in [2.05, 4.69) is 8.37 Å². The first-order valence-corrected chi connectivity index (χ1v) is 10.9. The maximum atomic E-state index is 12.4. The van der Waals surface area contributed by atoms with E-state index in [1.165, 1.54) is 24.3 Å². The van der Waals surface area contributed by atoms with Crippen LogP contribution in [0.15, 0.2) is 48.5 Å². The zero-order chi connectivity index (χ0) is 23.9. The molecule has 6 nitrogen and oxygen atoms in total. The Morgan fingerprint density at radius 3 is 1.06 bits per heavy atom. The summed E-state index contributed by atoms with van der Waals surface area (Å²) in [4.78, 5) is 0. The zero-order valence-electron chi connectivity index (χ0n) is 15.7. The molecule has 0 N–H and O–H groups in total. The SMILES string of the molecule is CC(C)(c1ccc(OS(=O)(=O)C(F)(F)F)cc1)c1ccc(OS(=O)(=O)C(F)(F)F)cc1. The molecule has 0 heterocycles. The molecule has 0 atom stereocenters. The number of alkyl halides is 6. The Morgan fingerprint density at radius 1 is 0.581 bits per heavy atom. The molecule has 2 rings (SSSR count). The van der Waals surface area contributed by atoms with Gasteiger partial charge in [0.05, 0.1) is 0 Å². The van der Waals surface area contributed by atoms with E-state index < -0.39 is 48.2 Å². The summed E-state index contributed by atoms with van der Waals surface area (Å²) in [6.45, 7) is 3.33. The Hall–Kier alpha value is -2.48. The molecule has 0 unspecified atom stereocenters. The van der Waals surface area contributed by atoms with E-state index >= 15 is 0 Å². The quantitative estimate of drug-likeness (QED) is 0.336. The Balaban J connectivity index is 2.24. The minimum Gasteiger partial charge on any atom is -0.376 e.